The Labute approximate surface area is 179 Å². The molecule has 1 unspecified atom stereocenters. The summed E-state index contributed by atoms with van der Waals surface area (Å²) in [6.07, 6.45) is -1.18. The monoisotopic (exact) mass is 426 g/mol. The lowest BCUT2D eigenvalue weighted by Crippen LogP contribution is -2.47. The first-order valence-electron chi connectivity index (χ1n) is 9.64. The van der Waals surface area contributed by atoms with Gasteiger partial charge in [0.1, 0.15) is 0 Å². The highest BCUT2D eigenvalue weighted by Gasteiger charge is 2.19. The van der Waals surface area contributed by atoms with Gasteiger partial charge >= 0.3 is 0 Å². The number of halogens is 1. The number of benzene rings is 2. The average molecular weight is 426 g/mol. The number of carbonyl (C=O) groups is 3. The van der Waals surface area contributed by atoms with Gasteiger partial charge in [-0.25, -0.2) is 4.39 Å². The second-order valence-electron chi connectivity index (χ2n) is 6.52. The van der Waals surface area contributed by atoms with Crippen LogP contribution in [0, 0.1) is 17.1 Å². The summed E-state index contributed by atoms with van der Waals surface area (Å²) in [5.41, 5.74) is 5.03. The maximum Gasteiger partial charge on any atom is 0.279 e. The molecule has 0 saturated carbocycles. The molecule has 0 aliphatic heterocycles. The standard InChI is InChI=1S/C22H23FN4O4/c1-16(31-19-11-6-5-10-18(19)23)22(30)26-25-20(28)12-13-21(29)27(15-7-14-24)17-8-3-2-4-9-17/h2-6,8-11,16H,7,12-13,15H2,1H3,(H,25,28)(H,26,30). The van der Waals surface area contributed by atoms with Crippen LogP contribution in [-0.2, 0) is 14.4 Å². The number of rotatable bonds is 9. The molecule has 2 rings (SSSR count). The van der Waals surface area contributed by atoms with Gasteiger partial charge in [0, 0.05) is 25.1 Å². The lowest BCUT2D eigenvalue weighted by molar-refractivity contribution is -0.133. The van der Waals surface area contributed by atoms with Crippen LogP contribution < -0.4 is 20.5 Å². The van der Waals surface area contributed by atoms with E-state index >= 15 is 0 Å². The summed E-state index contributed by atoms with van der Waals surface area (Å²) in [5, 5.41) is 8.81. The van der Waals surface area contributed by atoms with Crippen molar-refractivity contribution in [3.63, 3.8) is 0 Å². The summed E-state index contributed by atoms with van der Waals surface area (Å²) in [6.45, 7) is 1.62. The minimum absolute atomic E-state index is 0.0829. The molecule has 0 aromatic heterocycles. The highest BCUT2D eigenvalue weighted by atomic mass is 19.1. The smallest absolute Gasteiger partial charge is 0.279 e. The number of carbonyl (C=O) groups excluding carboxylic acids is 3. The van der Waals surface area contributed by atoms with E-state index in [9.17, 15) is 18.8 Å². The maximum absolute atomic E-state index is 13.6. The number of hydrazine groups is 1. The topological polar surface area (TPSA) is 112 Å². The van der Waals surface area contributed by atoms with Gasteiger partial charge in [0.15, 0.2) is 17.7 Å². The summed E-state index contributed by atoms with van der Waals surface area (Å²) in [7, 11) is 0. The van der Waals surface area contributed by atoms with Gasteiger partial charge in [-0.15, -0.1) is 0 Å². The minimum atomic E-state index is -1.06. The van der Waals surface area contributed by atoms with Crippen molar-refractivity contribution in [1.82, 2.24) is 10.9 Å². The zero-order valence-electron chi connectivity index (χ0n) is 17.0. The highest BCUT2D eigenvalue weighted by Crippen LogP contribution is 2.17. The first-order valence-corrected chi connectivity index (χ1v) is 9.64. The molecule has 0 radical (unpaired) electrons. The van der Waals surface area contributed by atoms with Crippen LogP contribution in [0.25, 0.3) is 0 Å². The van der Waals surface area contributed by atoms with E-state index in [-0.39, 0.29) is 37.5 Å². The Balaban J connectivity index is 1.81. The normalized spacial score (nSPS) is 11.0. The van der Waals surface area contributed by atoms with Gasteiger partial charge in [-0.2, -0.15) is 5.26 Å². The van der Waals surface area contributed by atoms with Gasteiger partial charge in [-0.3, -0.25) is 25.2 Å². The third kappa shape index (κ3) is 7.44. The molecule has 3 amide bonds. The molecule has 0 fully saturated rings. The van der Waals surface area contributed by atoms with Gasteiger partial charge in [-0.1, -0.05) is 30.3 Å². The molecule has 0 saturated heterocycles. The molecule has 2 aromatic carbocycles. The summed E-state index contributed by atoms with van der Waals surface area (Å²) in [6, 6.07) is 16.5. The van der Waals surface area contributed by atoms with Crippen LogP contribution in [0.15, 0.2) is 54.6 Å². The third-order valence-corrected chi connectivity index (χ3v) is 4.22. The largest absolute Gasteiger partial charge is 0.478 e. The number of para-hydroxylation sites is 2. The van der Waals surface area contributed by atoms with Crippen molar-refractivity contribution in [2.24, 2.45) is 0 Å². The maximum atomic E-state index is 13.6. The van der Waals surface area contributed by atoms with Crippen molar-refractivity contribution in [1.29, 1.82) is 5.26 Å². The average Bonchev–Trinajstić information content (AvgIpc) is 2.78. The molecular weight excluding hydrogens is 403 g/mol. The first-order chi connectivity index (χ1) is 14.9. The Morgan fingerprint density at radius 1 is 1.06 bits per heavy atom. The van der Waals surface area contributed by atoms with Crippen molar-refractivity contribution in [2.75, 3.05) is 11.4 Å². The van der Waals surface area contributed by atoms with E-state index < -0.39 is 23.7 Å². The number of hydrogen-bond acceptors (Lipinski definition) is 5. The summed E-state index contributed by atoms with van der Waals surface area (Å²) in [4.78, 5) is 38.0. The fraction of sp³-hybridized carbons (Fsp3) is 0.273. The number of ether oxygens (including phenoxy) is 1. The van der Waals surface area contributed by atoms with Crippen molar-refractivity contribution >= 4 is 23.4 Å². The Morgan fingerprint density at radius 2 is 1.74 bits per heavy atom. The quantitative estimate of drug-likeness (QED) is 0.599. The predicted octanol–water partition coefficient (Wildman–Crippen LogP) is 2.47. The lowest BCUT2D eigenvalue weighted by atomic mass is 10.2. The van der Waals surface area contributed by atoms with Crippen LogP contribution >= 0.6 is 0 Å². The second kappa shape index (κ2) is 11.9. The summed E-state index contributed by atoms with van der Waals surface area (Å²) >= 11 is 0. The molecule has 0 heterocycles. The molecule has 8 nitrogen and oxygen atoms in total. The molecule has 0 bridgehead atoms. The molecule has 2 N–H and O–H groups in total. The van der Waals surface area contributed by atoms with Crippen molar-refractivity contribution in [2.45, 2.75) is 32.3 Å². The second-order valence-corrected chi connectivity index (χ2v) is 6.52. The summed E-state index contributed by atoms with van der Waals surface area (Å²) in [5.74, 6) is -2.26. The highest BCUT2D eigenvalue weighted by molar-refractivity contribution is 5.95. The molecule has 2 aromatic rings. The fourth-order valence-corrected chi connectivity index (χ4v) is 2.60. The van der Waals surface area contributed by atoms with Crippen LogP contribution in [0.1, 0.15) is 26.2 Å². The van der Waals surface area contributed by atoms with Crippen LogP contribution in [0.4, 0.5) is 10.1 Å². The molecule has 9 heteroatoms. The van der Waals surface area contributed by atoms with E-state index in [1.807, 2.05) is 12.1 Å². The van der Waals surface area contributed by atoms with Crippen molar-refractivity contribution in [3.05, 3.63) is 60.4 Å². The van der Waals surface area contributed by atoms with Crippen LogP contribution in [0.2, 0.25) is 0 Å². The Kier molecular flexibility index (Phi) is 8.98. The molecule has 0 aliphatic rings. The van der Waals surface area contributed by atoms with Gasteiger partial charge in [0.2, 0.25) is 11.8 Å². The van der Waals surface area contributed by atoms with Crippen molar-refractivity contribution in [3.8, 4) is 11.8 Å². The number of anilines is 1. The van der Waals surface area contributed by atoms with Crippen LogP contribution in [0.3, 0.4) is 0 Å². The van der Waals surface area contributed by atoms with E-state index in [2.05, 4.69) is 10.9 Å². The van der Waals surface area contributed by atoms with Crippen molar-refractivity contribution < 1.29 is 23.5 Å². The zero-order chi connectivity index (χ0) is 22.6. The van der Waals surface area contributed by atoms with Gasteiger partial charge in [0.25, 0.3) is 5.91 Å². The number of hydrogen-bond donors (Lipinski definition) is 2. The number of amides is 3. The van der Waals surface area contributed by atoms with Gasteiger partial charge in [-0.05, 0) is 31.2 Å². The molecule has 1 atom stereocenters. The van der Waals surface area contributed by atoms with E-state index in [0.29, 0.717) is 5.69 Å². The molecule has 31 heavy (non-hydrogen) atoms. The minimum Gasteiger partial charge on any atom is -0.478 e. The molecular formula is C22H23FN4O4. The predicted molar refractivity (Wildman–Crippen MR) is 111 cm³/mol. The van der Waals surface area contributed by atoms with E-state index in [4.69, 9.17) is 10.00 Å². The number of nitriles is 1. The van der Waals surface area contributed by atoms with Crippen LogP contribution in [-0.4, -0.2) is 30.4 Å². The third-order valence-electron chi connectivity index (χ3n) is 4.22. The van der Waals surface area contributed by atoms with E-state index in [0.717, 1.165) is 0 Å². The van der Waals surface area contributed by atoms with Crippen LogP contribution in [0.5, 0.6) is 5.75 Å². The van der Waals surface area contributed by atoms with E-state index in [1.165, 1.54) is 30.0 Å². The van der Waals surface area contributed by atoms with Gasteiger partial charge < -0.3 is 9.64 Å². The Morgan fingerprint density at radius 3 is 2.42 bits per heavy atom. The van der Waals surface area contributed by atoms with Gasteiger partial charge in [0.05, 0.1) is 12.5 Å². The lowest BCUT2D eigenvalue weighted by Gasteiger charge is -2.21. The molecule has 0 spiro atoms. The summed E-state index contributed by atoms with van der Waals surface area (Å²) < 4.78 is 18.8. The Hall–Kier alpha value is -3.93. The number of nitrogens with one attached hydrogen (secondary N) is 2. The zero-order valence-corrected chi connectivity index (χ0v) is 17.0. The molecule has 0 aliphatic carbocycles. The fourth-order valence-electron chi connectivity index (χ4n) is 2.60. The first kappa shape index (κ1) is 23.3. The Bertz CT molecular complexity index is 946. The molecule has 162 valence electrons. The number of nitrogens with zero attached hydrogens (tertiary/aromatic N) is 2. The SMILES string of the molecule is CC(Oc1ccccc1F)C(=O)NNC(=O)CCC(=O)N(CCC#N)c1ccccc1. The van der Waals surface area contributed by atoms with E-state index in [1.54, 1.807) is 30.3 Å².